The van der Waals surface area contributed by atoms with Crippen molar-refractivity contribution in [2.24, 2.45) is 0 Å². The Morgan fingerprint density at radius 3 is 2.13 bits per heavy atom. The zero-order valence-electron chi connectivity index (χ0n) is 15.3. The molecule has 2 aromatic rings. The van der Waals surface area contributed by atoms with Gasteiger partial charge in [0.05, 0.1) is 4.90 Å². The molecular weight excluding hydrogens is 435 g/mol. The van der Waals surface area contributed by atoms with Gasteiger partial charge < -0.3 is 10.1 Å². The Hall–Kier alpha value is -2.73. The number of amides is 1. The summed E-state index contributed by atoms with van der Waals surface area (Å²) in [5.74, 6) is -2.59. The lowest BCUT2D eigenvalue weighted by atomic mass is 10.1. The topological polar surface area (TPSA) is 84.5 Å². The second kappa shape index (κ2) is 9.85. The van der Waals surface area contributed by atoms with E-state index < -0.39 is 39.7 Å². The van der Waals surface area contributed by atoms with Crippen LogP contribution in [0.25, 0.3) is 0 Å². The molecule has 1 amide bonds. The summed E-state index contributed by atoms with van der Waals surface area (Å²) in [6.07, 6.45) is -5.24. The van der Waals surface area contributed by atoms with Gasteiger partial charge in [-0.25, -0.2) is 21.9 Å². The number of carbonyl (C=O) groups excluding carboxylic acids is 1. The summed E-state index contributed by atoms with van der Waals surface area (Å²) >= 11 is 0. The van der Waals surface area contributed by atoms with Crippen molar-refractivity contribution in [3.05, 3.63) is 59.7 Å². The SMILES string of the molecule is O=C(CCNS(=O)(=O)c1ccc(OC(F)(F)F)cc1)NCCc1c(F)cccc1F. The molecule has 2 N–H and O–H groups in total. The number of hydrogen-bond acceptors (Lipinski definition) is 4. The summed E-state index contributed by atoms with van der Waals surface area (Å²) in [5.41, 5.74) is -0.170. The standard InChI is InChI=1S/C18H17F5N2O4S/c19-15-2-1-3-16(20)14(15)8-10-24-17(26)9-11-25-30(27,28)13-6-4-12(5-7-13)29-18(21,22)23/h1-7,25H,8-11H2,(H,24,26). The smallest absolute Gasteiger partial charge is 0.406 e. The number of hydrogen-bond donors (Lipinski definition) is 2. The summed E-state index contributed by atoms with van der Waals surface area (Å²) in [4.78, 5) is 11.4. The van der Waals surface area contributed by atoms with Crippen LogP contribution in [-0.2, 0) is 21.2 Å². The normalized spacial score (nSPS) is 11.9. The Morgan fingerprint density at radius 1 is 0.967 bits per heavy atom. The van der Waals surface area contributed by atoms with Crippen LogP contribution in [0.15, 0.2) is 47.4 Å². The highest BCUT2D eigenvalue weighted by atomic mass is 32.2. The van der Waals surface area contributed by atoms with E-state index in [-0.39, 0.29) is 36.4 Å². The van der Waals surface area contributed by atoms with Crippen LogP contribution in [0.1, 0.15) is 12.0 Å². The number of nitrogens with one attached hydrogen (secondary N) is 2. The van der Waals surface area contributed by atoms with Crippen molar-refractivity contribution >= 4 is 15.9 Å². The van der Waals surface area contributed by atoms with Gasteiger partial charge in [-0.05, 0) is 42.8 Å². The number of sulfonamides is 1. The molecule has 0 spiro atoms. The Bertz CT molecular complexity index is 959. The van der Waals surface area contributed by atoms with Gasteiger partial charge in [0, 0.05) is 25.1 Å². The number of ether oxygens (including phenoxy) is 1. The van der Waals surface area contributed by atoms with Crippen molar-refractivity contribution < 1.29 is 39.9 Å². The van der Waals surface area contributed by atoms with Gasteiger partial charge in [-0.1, -0.05) is 6.07 Å². The fourth-order valence-corrected chi connectivity index (χ4v) is 3.42. The third-order valence-electron chi connectivity index (χ3n) is 3.77. The molecule has 0 aliphatic heterocycles. The van der Waals surface area contributed by atoms with Crippen LogP contribution in [0.2, 0.25) is 0 Å². The highest BCUT2D eigenvalue weighted by molar-refractivity contribution is 7.89. The summed E-state index contributed by atoms with van der Waals surface area (Å²) in [7, 11) is -4.06. The molecule has 164 valence electrons. The molecule has 0 radical (unpaired) electrons. The number of rotatable bonds is 9. The highest BCUT2D eigenvalue weighted by Crippen LogP contribution is 2.23. The molecular formula is C18H17F5N2O4S. The predicted molar refractivity (Wildman–Crippen MR) is 96.0 cm³/mol. The minimum Gasteiger partial charge on any atom is -0.406 e. The molecule has 0 heterocycles. The first kappa shape index (κ1) is 23.5. The number of carbonyl (C=O) groups is 1. The molecule has 0 aliphatic rings. The van der Waals surface area contributed by atoms with E-state index in [1.165, 1.54) is 6.07 Å². The van der Waals surface area contributed by atoms with Crippen molar-refractivity contribution in [3.8, 4) is 5.75 Å². The molecule has 0 saturated carbocycles. The average molecular weight is 452 g/mol. The van der Waals surface area contributed by atoms with Crippen LogP contribution in [0.5, 0.6) is 5.75 Å². The van der Waals surface area contributed by atoms with E-state index >= 15 is 0 Å². The molecule has 0 unspecified atom stereocenters. The lowest BCUT2D eigenvalue weighted by Crippen LogP contribution is -2.31. The van der Waals surface area contributed by atoms with Gasteiger partial charge in [0.2, 0.25) is 15.9 Å². The van der Waals surface area contributed by atoms with Crippen molar-refractivity contribution in [1.29, 1.82) is 0 Å². The third kappa shape index (κ3) is 7.26. The lowest BCUT2D eigenvalue weighted by molar-refractivity contribution is -0.274. The maximum atomic E-state index is 13.5. The largest absolute Gasteiger partial charge is 0.573 e. The Labute approximate surface area is 169 Å². The predicted octanol–water partition coefficient (Wildman–Crippen LogP) is 2.89. The molecule has 6 nitrogen and oxygen atoms in total. The number of halogens is 5. The van der Waals surface area contributed by atoms with Gasteiger partial charge in [0.1, 0.15) is 17.4 Å². The van der Waals surface area contributed by atoms with Crippen LogP contribution in [0.3, 0.4) is 0 Å². The first-order chi connectivity index (χ1) is 14.0. The van der Waals surface area contributed by atoms with Gasteiger partial charge >= 0.3 is 6.36 Å². The van der Waals surface area contributed by atoms with Crippen LogP contribution in [-0.4, -0.2) is 33.8 Å². The van der Waals surface area contributed by atoms with Crippen LogP contribution < -0.4 is 14.8 Å². The first-order valence-electron chi connectivity index (χ1n) is 8.53. The molecule has 0 bridgehead atoms. The fourth-order valence-electron chi connectivity index (χ4n) is 2.39. The first-order valence-corrected chi connectivity index (χ1v) is 10.0. The van der Waals surface area contributed by atoms with Gasteiger partial charge in [0.15, 0.2) is 0 Å². The zero-order chi connectivity index (χ0) is 22.4. The molecule has 0 aromatic heterocycles. The highest BCUT2D eigenvalue weighted by Gasteiger charge is 2.31. The molecule has 0 fully saturated rings. The third-order valence-corrected chi connectivity index (χ3v) is 5.25. The molecule has 2 rings (SSSR count). The van der Waals surface area contributed by atoms with Gasteiger partial charge in [-0.3, -0.25) is 4.79 Å². The second-order valence-electron chi connectivity index (χ2n) is 5.97. The van der Waals surface area contributed by atoms with Crippen molar-refractivity contribution in [2.45, 2.75) is 24.1 Å². The summed E-state index contributed by atoms with van der Waals surface area (Å²) in [6, 6.07) is 6.94. The molecule has 2 aromatic carbocycles. The van der Waals surface area contributed by atoms with Crippen molar-refractivity contribution in [2.75, 3.05) is 13.1 Å². The van der Waals surface area contributed by atoms with E-state index in [0.29, 0.717) is 0 Å². The molecule has 30 heavy (non-hydrogen) atoms. The second-order valence-corrected chi connectivity index (χ2v) is 7.73. The Balaban J connectivity index is 1.78. The fraction of sp³-hybridized carbons (Fsp3) is 0.278. The van der Waals surface area contributed by atoms with Gasteiger partial charge in [0.25, 0.3) is 0 Å². The molecule has 12 heteroatoms. The van der Waals surface area contributed by atoms with Crippen molar-refractivity contribution in [3.63, 3.8) is 0 Å². The molecule has 0 aliphatic carbocycles. The minimum atomic E-state index is -4.90. The van der Waals surface area contributed by atoms with Gasteiger partial charge in [-0.15, -0.1) is 13.2 Å². The summed E-state index contributed by atoms with van der Waals surface area (Å²) in [6.45, 7) is -0.340. The Kier molecular flexibility index (Phi) is 7.73. The van der Waals surface area contributed by atoms with E-state index in [1.807, 2.05) is 0 Å². The number of benzene rings is 2. The van der Waals surface area contributed by atoms with Crippen LogP contribution >= 0.6 is 0 Å². The van der Waals surface area contributed by atoms with E-state index in [1.54, 1.807) is 0 Å². The van der Waals surface area contributed by atoms with E-state index in [4.69, 9.17) is 0 Å². The lowest BCUT2D eigenvalue weighted by Gasteiger charge is -2.10. The summed E-state index contributed by atoms with van der Waals surface area (Å²) in [5, 5.41) is 2.41. The van der Waals surface area contributed by atoms with Gasteiger partial charge in [-0.2, -0.15) is 0 Å². The van der Waals surface area contributed by atoms with E-state index in [9.17, 15) is 35.2 Å². The van der Waals surface area contributed by atoms with E-state index in [0.717, 1.165) is 36.4 Å². The Morgan fingerprint density at radius 2 is 1.57 bits per heavy atom. The maximum Gasteiger partial charge on any atom is 0.573 e. The maximum absolute atomic E-state index is 13.5. The minimum absolute atomic E-state index is 0.0515. The average Bonchev–Trinajstić information content (AvgIpc) is 2.63. The molecule has 0 atom stereocenters. The van der Waals surface area contributed by atoms with Crippen molar-refractivity contribution in [1.82, 2.24) is 10.0 Å². The van der Waals surface area contributed by atoms with Crippen LogP contribution in [0, 0.1) is 11.6 Å². The number of alkyl halides is 3. The summed E-state index contributed by atoms with van der Waals surface area (Å²) < 4.78 is 93.3. The quantitative estimate of drug-likeness (QED) is 0.573. The van der Waals surface area contributed by atoms with E-state index in [2.05, 4.69) is 14.8 Å². The van der Waals surface area contributed by atoms with Crippen LogP contribution in [0.4, 0.5) is 22.0 Å². The molecule has 0 saturated heterocycles. The zero-order valence-corrected chi connectivity index (χ0v) is 16.1. The monoisotopic (exact) mass is 452 g/mol.